The van der Waals surface area contributed by atoms with Crippen LogP contribution < -0.4 is 15.8 Å². The molecule has 88 valence electrons. The van der Waals surface area contributed by atoms with Crippen LogP contribution in [0.1, 0.15) is 30.6 Å². The van der Waals surface area contributed by atoms with Crippen molar-refractivity contribution in [2.45, 2.75) is 26.3 Å². The molecule has 0 saturated carbocycles. The first kappa shape index (κ1) is 12.4. The SMILES string of the molecule is CC[C@H](C)NC(=O)c1cc(N)ccc1OC. The molecular weight excluding hydrogens is 204 g/mol. The molecule has 1 atom stereocenters. The first-order valence-corrected chi connectivity index (χ1v) is 5.32. The molecule has 0 aliphatic heterocycles. The minimum Gasteiger partial charge on any atom is -0.496 e. The number of hydrogen-bond donors (Lipinski definition) is 2. The molecule has 4 heteroatoms. The van der Waals surface area contributed by atoms with E-state index in [0.29, 0.717) is 17.0 Å². The standard InChI is InChI=1S/C12H18N2O2/c1-4-8(2)14-12(15)10-7-9(13)5-6-11(10)16-3/h5-8H,4,13H2,1-3H3,(H,14,15)/t8-/m0/s1. The van der Waals surface area contributed by atoms with Gasteiger partial charge in [-0.25, -0.2) is 0 Å². The molecule has 0 aliphatic rings. The molecule has 0 heterocycles. The second kappa shape index (κ2) is 5.39. The van der Waals surface area contributed by atoms with Crippen molar-refractivity contribution in [3.63, 3.8) is 0 Å². The van der Waals surface area contributed by atoms with Gasteiger partial charge in [-0.15, -0.1) is 0 Å². The van der Waals surface area contributed by atoms with Crippen LogP contribution in [-0.4, -0.2) is 19.1 Å². The number of amides is 1. The maximum absolute atomic E-state index is 11.9. The molecule has 16 heavy (non-hydrogen) atoms. The lowest BCUT2D eigenvalue weighted by Crippen LogP contribution is -2.32. The highest BCUT2D eigenvalue weighted by Gasteiger charge is 2.13. The fourth-order valence-electron chi connectivity index (χ4n) is 1.31. The third-order valence-electron chi connectivity index (χ3n) is 2.46. The van der Waals surface area contributed by atoms with Gasteiger partial charge in [0.15, 0.2) is 0 Å². The van der Waals surface area contributed by atoms with Gasteiger partial charge in [0.1, 0.15) is 5.75 Å². The number of nitrogens with one attached hydrogen (secondary N) is 1. The molecule has 1 aromatic carbocycles. The summed E-state index contributed by atoms with van der Waals surface area (Å²) in [6.45, 7) is 3.97. The van der Waals surface area contributed by atoms with Crippen molar-refractivity contribution < 1.29 is 9.53 Å². The van der Waals surface area contributed by atoms with Gasteiger partial charge in [0, 0.05) is 11.7 Å². The number of rotatable bonds is 4. The number of hydrogen-bond acceptors (Lipinski definition) is 3. The van der Waals surface area contributed by atoms with Gasteiger partial charge in [-0.2, -0.15) is 0 Å². The number of carbonyl (C=O) groups excluding carboxylic acids is 1. The Morgan fingerprint density at radius 3 is 2.81 bits per heavy atom. The summed E-state index contributed by atoms with van der Waals surface area (Å²) in [7, 11) is 1.53. The molecule has 0 radical (unpaired) electrons. The van der Waals surface area contributed by atoms with E-state index in [1.54, 1.807) is 18.2 Å². The fourth-order valence-corrected chi connectivity index (χ4v) is 1.31. The van der Waals surface area contributed by atoms with E-state index in [4.69, 9.17) is 10.5 Å². The third kappa shape index (κ3) is 2.89. The average molecular weight is 222 g/mol. The number of methoxy groups -OCH3 is 1. The van der Waals surface area contributed by atoms with Gasteiger partial charge in [0.25, 0.3) is 5.91 Å². The molecule has 0 aliphatic carbocycles. The van der Waals surface area contributed by atoms with Crippen LogP contribution in [0.3, 0.4) is 0 Å². The quantitative estimate of drug-likeness (QED) is 0.763. The number of nitrogens with two attached hydrogens (primary N) is 1. The Morgan fingerprint density at radius 2 is 2.25 bits per heavy atom. The first-order valence-electron chi connectivity index (χ1n) is 5.32. The van der Waals surface area contributed by atoms with Crippen LogP contribution in [0.25, 0.3) is 0 Å². The summed E-state index contributed by atoms with van der Waals surface area (Å²) in [6.07, 6.45) is 0.885. The zero-order valence-corrected chi connectivity index (χ0v) is 9.91. The van der Waals surface area contributed by atoms with Crippen LogP contribution in [0, 0.1) is 0 Å². The topological polar surface area (TPSA) is 64.4 Å². The van der Waals surface area contributed by atoms with Crippen molar-refractivity contribution in [1.29, 1.82) is 0 Å². The Balaban J connectivity index is 2.93. The predicted octanol–water partition coefficient (Wildman–Crippen LogP) is 1.81. The minimum absolute atomic E-state index is 0.138. The van der Waals surface area contributed by atoms with E-state index in [1.807, 2.05) is 13.8 Å². The Bertz CT molecular complexity index is 377. The summed E-state index contributed by atoms with van der Waals surface area (Å²) < 4.78 is 5.12. The normalized spacial score (nSPS) is 11.9. The molecule has 3 N–H and O–H groups in total. The lowest BCUT2D eigenvalue weighted by atomic mass is 10.1. The highest BCUT2D eigenvalue weighted by molar-refractivity contribution is 5.97. The highest BCUT2D eigenvalue weighted by atomic mass is 16.5. The number of carbonyl (C=O) groups is 1. The summed E-state index contributed by atoms with van der Waals surface area (Å²) in [5, 5.41) is 2.87. The number of benzene rings is 1. The number of ether oxygens (including phenoxy) is 1. The molecule has 0 unspecified atom stereocenters. The lowest BCUT2D eigenvalue weighted by molar-refractivity contribution is 0.0936. The Kier molecular flexibility index (Phi) is 4.17. The molecular formula is C12H18N2O2. The number of anilines is 1. The molecule has 0 spiro atoms. The third-order valence-corrected chi connectivity index (χ3v) is 2.46. The zero-order chi connectivity index (χ0) is 12.1. The van der Waals surface area contributed by atoms with E-state index in [0.717, 1.165) is 6.42 Å². The second-order valence-electron chi connectivity index (χ2n) is 3.74. The van der Waals surface area contributed by atoms with E-state index in [1.165, 1.54) is 7.11 Å². The highest BCUT2D eigenvalue weighted by Crippen LogP contribution is 2.20. The summed E-state index contributed by atoms with van der Waals surface area (Å²) in [5.41, 5.74) is 6.67. The smallest absolute Gasteiger partial charge is 0.255 e. The van der Waals surface area contributed by atoms with E-state index in [2.05, 4.69) is 5.32 Å². The largest absolute Gasteiger partial charge is 0.496 e. The lowest BCUT2D eigenvalue weighted by Gasteiger charge is -2.13. The van der Waals surface area contributed by atoms with E-state index < -0.39 is 0 Å². The Hall–Kier alpha value is -1.71. The van der Waals surface area contributed by atoms with Crippen molar-refractivity contribution in [3.05, 3.63) is 23.8 Å². The molecule has 1 aromatic rings. The zero-order valence-electron chi connectivity index (χ0n) is 9.91. The van der Waals surface area contributed by atoms with Gasteiger partial charge < -0.3 is 15.8 Å². The predicted molar refractivity (Wildman–Crippen MR) is 64.6 cm³/mol. The summed E-state index contributed by atoms with van der Waals surface area (Å²) in [4.78, 5) is 11.9. The summed E-state index contributed by atoms with van der Waals surface area (Å²) in [6, 6.07) is 5.16. The molecule has 1 amide bonds. The Labute approximate surface area is 95.8 Å². The van der Waals surface area contributed by atoms with E-state index in [9.17, 15) is 4.79 Å². The maximum Gasteiger partial charge on any atom is 0.255 e. The molecule has 1 rings (SSSR count). The van der Waals surface area contributed by atoms with Crippen LogP contribution in [0.5, 0.6) is 5.75 Å². The molecule has 0 fully saturated rings. The van der Waals surface area contributed by atoms with Crippen molar-refractivity contribution in [2.24, 2.45) is 0 Å². The minimum atomic E-state index is -0.154. The first-order chi connectivity index (χ1) is 7.58. The van der Waals surface area contributed by atoms with Gasteiger partial charge in [-0.1, -0.05) is 6.92 Å². The van der Waals surface area contributed by atoms with Crippen molar-refractivity contribution >= 4 is 11.6 Å². The second-order valence-corrected chi connectivity index (χ2v) is 3.74. The van der Waals surface area contributed by atoms with E-state index in [-0.39, 0.29) is 11.9 Å². The monoisotopic (exact) mass is 222 g/mol. The summed E-state index contributed by atoms with van der Waals surface area (Å²) >= 11 is 0. The maximum atomic E-state index is 11.9. The van der Waals surface area contributed by atoms with Gasteiger partial charge in [-0.3, -0.25) is 4.79 Å². The van der Waals surface area contributed by atoms with Gasteiger partial charge in [-0.05, 0) is 31.5 Å². The van der Waals surface area contributed by atoms with E-state index >= 15 is 0 Å². The van der Waals surface area contributed by atoms with Crippen LogP contribution >= 0.6 is 0 Å². The van der Waals surface area contributed by atoms with Gasteiger partial charge >= 0.3 is 0 Å². The fraction of sp³-hybridized carbons (Fsp3) is 0.417. The molecule has 0 bridgehead atoms. The average Bonchev–Trinajstić information content (AvgIpc) is 2.28. The van der Waals surface area contributed by atoms with Crippen molar-refractivity contribution in [3.8, 4) is 5.75 Å². The molecule has 4 nitrogen and oxygen atoms in total. The van der Waals surface area contributed by atoms with Crippen LogP contribution in [0.2, 0.25) is 0 Å². The van der Waals surface area contributed by atoms with Crippen LogP contribution in [-0.2, 0) is 0 Å². The van der Waals surface area contributed by atoms with Crippen LogP contribution in [0.4, 0.5) is 5.69 Å². The molecule has 0 saturated heterocycles. The summed E-state index contributed by atoms with van der Waals surface area (Å²) in [5.74, 6) is 0.383. The van der Waals surface area contributed by atoms with Crippen molar-refractivity contribution in [2.75, 3.05) is 12.8 Å². The van der Waals surface area contributed by atoms with Gasteiger partial charge in [0.05, 0.1) is 12.7 Å². The number of nitrogen functional groups attached to an aromatic ring is 1. The van der Waals surface area contributed by atoms with Crippen LogP contribution in [0.15, 0.2) is 18.2 Å². The molecule has 0 aromatic heterocycles. The Morgan fingerprint density at radius 1 is 1.56 bits per heavy atom. The van der Waals surface area contributed by atoms with Crippen molar-refractivity contribution in [1.82, 2.24) is 5.32 Å². The van der Waals surface area contributed by atoms with Gasteiger partial charge in [0.2, 0.25) is 0 Å².